The summed E-state index contributed by atoms with van der Waals surface area (Å²) in [4.78, 5) is 0. The van der Waals surface area contributed by atoms with Crippen LogP contribution in [-0.2, 0) is 0 Å². The molecule has 0 saturated heterocycles. The molecule has 0 spiro atoms. The molecule has 0 aromatic heterocycles. The highest BCUT2D eigenvalue weighted by molar-refractivity contribution is 6.41. The maximum absolute atomic E-state index is 10.7. The molecule has 1 atom stereocenters. The van der Waals surface area contributed by atoms with Gasteiger partial charge in [0, 0.05) is 0 Å². The van der Waals surface area contributed by atoms with Crippen molar-refractivity contribution in [1.29, 1.82) is 0 Å². The molecule has 0 fully saturated rings. The number of unbranched alkanes of at least 4 members (excludes halogenated alkanes) is 7. The predicted molar refractivity (Wildman–Crippen MR) is 106 cm³/mol. The Bertz CT molecular complexity index is 284. The molecule has 0 aromatic rings. The van der Waals surface area contributed by atoms with E-state index in [0.717, 1.165) is 0 Å². The van der Waals surface area contributed by atoms with Crippen LogP contribution in [0, 0.1) is 5.41 Å². The van der Waals surface area contributed by atoms with Crippen LogP contribution in [0.25, 0.3) is 0 Å². The largest absolute Gasteiger partial charge is 0.391 e. The van der Waals surface area contributed by atoms with Gasteiger partial charge in [0.25, 0.3) is 0 Å². The van der Waals surface area contributed by atoms with Crippen LogP contribution in [0.3, 0.4) is 0 Å². The topological polar surface area (TPSA) is 20.2 Å². The van der Waals surface area contributed by atoms with Gasteiger partial charge in [-0.05, 0) is 32.1 Å². The molecule has 0 radical (unpaired) electrons. The van der Waals surface area contributed by atoms with E-state index in [1.165, 1.54) is 70.6 Å². The summed E-state index contributed by atoms with van der Waals surface area (Å²) in [5, 5.41) is 10.7. The lowest BCUT2D eigenvalue weighted by Crippen LogP contribution is -2.49. The summed E-state index contributed by atoms with van der Waals surface area (Å²) < 4.78 is 0. The Labute approximate surface area is 142 Å². The van der Waals surface area contributed by atoms with Crippen molar-refractivity contribution in [2.45, 2.75) is 116 Å². The van der Waals surface area contributed by atoms with Crippen molar-refractivity contribution in [2.24, 2.45) is 5.41 Å². The van der Waals surface area contributed by atoms with E-state index in [1.807, 2.05) is 13.8 Å². The third-order valence-electron chi connectivity index (χ3n) is 6.45. The zero-order valence-corrected chi connectivity index (χ0v) is 16.7. The second kappa shape index (κ2) is 10.1. The summed E-state index contributed by atoms with van der Waals surface area (Å²) in [7, 11) is 4.55. The van der Waals surface area contributed by atoms with Gasteiger partial charge in [0.1, 0.15) is 15.7 Å². The summed E-state index contributed by atoms with van der Waals surface area (Å²) in [6.07, 6.45) is 14.5. The number of rotatable bonds is 13. The van der Waals surface area contributed by atoms with Crippen LogP contribution in [0.15, 0.2) is 0 Å². The number of aliphatic hydroxyl groups is 1. The van der Waals surface area contributed by atoms with E-state index in [2.05, 4.69) is 36.5 Å². The van der Waals surface area contributed by atoms with E-state index in [9.17, 15) is 5.11 Å². The molecule has 0 saturated carbocycles. The van der Waals surface area contributed by atoms with E-state index in [-0.39, 0.29) is 10.6 Å². The van der Waals surface area contributed by atoms with Crippen molar-refractivity contribution >= 4 is 15.7 Å². The van der Waals surface area contributed by atoms with Crippen molar-refractivity contribution in [1.82, 2.24) is 0 Å². The normalized spacial score (nSPS) is 15.7. The Kier molecular flexibility index (Phi) is 10.1. The minimum atomic E-state index is -0.629. The lowest BCUT2D eigenvalue weighted by Gasteiger charge is -2.52. The molecule has 0 aromatic carbocycles. The number of hydrogen-bond donors (Lipinski definition) is 1. The quantitative estimate of drug-likeness (QED) is 0.393. The van der Waals surface area contributed by atoms with Crippen LogP contribution in [0.5, 0.6) is 0 Å². The summed E-state index contributed by atoms with van der Waals surface area (Å²) in [6, 6.07) is 0. The van der Waals surface area contributed by atoms with Crippen molar-refractivity contribution in [3.63, 3.8) is 0 Å². The molecule has 22 heavy (non-hydrogen) atoms. The first-order chi connectivity index (χ1) is 10.1. The van der Waals surface area contributed by atoms with Gasteiger partial charge in [-0.3, -0.25) is 0 Å². The SMILES string of the molecule is BC(B)(C(C)(C)O)C(C)(CCCCCC)CCCCCCC. The summed E-state index contributed by atoms with van der Waals surface area (Å²) in [5.74, 6) is 0. The van der Waals surface area contributed by atoms with Crippen LogP contribution >= 0.6 is 0 Å². The zero-order chi connectivity index (χ0) is 17.3. The molecule has 0 aliphatic heterocycles. The average Bonchev–Trinajstić information content (AvgIpc) is 2.42. The molecule has 0 bridgehead atoms. The van der Waals surface area contributed by atoms with E-state index in [0.29, 0.717) is 0 Å². The van der Waals surface area contributed by atoms with Gasteiger partial charge in [-0.2, -0.15) is 0 Å². The van der Waals surface area contributed by atoms with E-state index in [4.69, 9.17) is 0 Å². The smallest absolute Gasteiger partial charge is 0.103 e. The lowest BCUT2D eigenvalue weighted by molar-refractivity contribution is -0.0000162. The zero-order valence-electron chi connectivity index (χ0n) is 16.7. The molecule has 0 amide bonds. The first-order valence-corrected chi connectivity index (χ1v) is 9.84. The highest BCUT2D eigenvalue weighted by Crippen LogP contribution is 2.54. The lowest BCUT2D eigenvalue weighted by atomic mass is 9.35. The van der Waals surface area contributed by atoms with Gasteiger partial charge in [0.15, 0.2) is 0 Å². The highest BCUT2D eigenvalue weighted by atomic mass is 16.3. The number of hydrogen-bond acceptors (Lipinski definition) is 1. The molecule has 0 rings (SSSR count). The fraction of sp³-hybridized carbons (Fsp3) is 1.00. The minimum Gasteiger partial charge on any atom is -0.391 e. The molecule has 3 heteroatoms. The van der Waals surface area contributed by atoms with Crippen LogP contribution in [0.1, 0.15) is 105 Å². The van der Waals surface area contributed by atoms with Crippen molar-refractivity contribution in [2.75, 3.05) is 0 Å². The minimum absolute atomic E-state index is 0.0586. The van der Waals surface area contributed by atoms with Crippen LogP contribution in [0.2, 0.25) is 5.21 Å². The monoisotopic (exact) mass is 308 g/mol. The van der Waals surface area contributed by atoms with E-state index >= 15 is 0 Å². The van der Waals surface area contributed by atoms with Gasteiger partial charge in [-0.15, -0.1) is 0 Å². The van der Waals surface area contributed by atoms with Gasteiger partial charge in [-0.1, -0.05) is 83.8 Å². The molecular formula is C19H42B2O. The third-order valence-corrected chi connectivity index (χ3v) is 6.45. The van der Waals surface area contributed by atoms with Crippen LogP contribution in [-0.4, -0.2) is 26.4 Å². The van der Waals surface area contributed by atoms with Crippen molar-refractivity contribution in [3.8, 4) is 0 Å². The Morgan fingerprint density at radius 3 is 1.41 bits per heavy atom. The van der Waals surface area contributed by atoms with Gasteiger partial charge in [0.05, 0.1) is 5.60 Å². The molecule has 1 N–H and O–H groups in total. The second-order valence-corrected chi connectivity index (χ2v) is 8.72. The van der Waals surface area contributed by atoms with E-state index in [1.54, 1.807) is 0 Å². The summed E-state index contributed by atoms with van der Waals surface area (Å²) in [5.41, 5.74) is -0.402. The molecule has 0 aliphatic carbocycles. The van der Waals surface area contributed by atoms with Crippen LogP contribution < -0.4 is 0 Å². The Hall–Kier alpha value is 0.0899. The van der Waals surface area contributed by atoms with Gasteiger partial charge >= 0.3 is 0 Å². The first-order valence-electron chi connectivity index (χ1n) is 9.84. The predicted octanol–water partition coefficient (Wildman–Crippen LogP) is 4.48. The Morgan fingerprint density at radius 2 is 1.05 bits per heavy atom. The second-order valence-electron chi connectivity index (χ2n) is 8.72. The third kappa shape index (κ3) is 6.69. The molecule has 0 heterocycles. The van der Waals surface area contributed by atoms with E-state index < -0.39 is 5.60 Å². The summed E-state index contributed by atoms with van der Waals surface area (Å²) in [6.45, 7) is 11.0. The van der Waals surface area contributed by atoms with Crippen molar-refractivity contribution in [3.05, 3.63) is 0 Å². The molecular weight excluding hydrogens is 266 g/mol. The fourth-order valence-corrected chi connectivity index (χ4v) is 3.55. The van der Waals surface area contributed by atoms with Gasteiger partial charge in [-0.25, -0.2) is 0 Å². The molecule has 1 nitrogen and oxygen atoms in total. The first kappa shape index (κ1) is 22.1. The van der Waals surface area contributed by atoms with Crippen LogP contribution in [0.4, 0.5) is 0 Å². The molecule has 1 unspecified atom stereocenters. The fourth-order valence-electron chi connectivity index (χ4n) is 3.55. The maximum atomic E-state index is 10.7. The van der Waals surface area contributed by atoms with Crippen molar-refractivity contribution < 1.29 is 5.11 Å². The Morgan fingerprint density at radius 1 is 0.682 bits per heavy atom. The molecule has 130 valence electrons. The molecule has 0 aliphatic rings. The van der Waals surface area contributed by atoms with Gasteiger partial charge < -0.3 is 5.11 Å². The summed E-state index contributed by atoms with van der Waals surface area (Å²) >= 11 is 0. The highest BCUT2D eigenvalue weighted by Gasteiger charge is 2.48. The van der Waals surface area contributed by atoms with Gasteiger partial charge in [0.2, 0.25) is 0 Å². The maximum Gasteiger partial charge on any atom is 0.103 e. The average molecular weight is 308 g/mol. The standard InChI is InChI=1S/C19H42B2O/c1-6-8-10-12-14-16-18(5,15-13-11-9-7-2)19(20,21)17(3,4)22/h22H,6-16,20-21H2,1-5H3. The Balaban J connectivity index is 4.74.